The number of piperidine rings is 1. The van der Waals surface area contributed by atoms with Gasteiger partial charge in [-0.2, -0.15) is 0 Å². The summed E-state index contributed by atoms with van der Waals surface area (Å²) in [6.45, 7) is 4.20. The Kier molecular flexibility index (Phi) is 6.53. The van der Waals surface area contributed by atoms with Gasteiger partial charge < -0.3 is 10.1 Å². The van der Waals surface area contributed by atoms with E-state index in [1.165, 1.54) is 5.56 Å². The molecule has 138 valence electrons. The zero-order chi connectivity index (χ0) is 18.4. The Morgan fingerprint density at radius 3 is 2.62 bits per heavy atom. The summed E-state index contributed by atoms with van der Waals surface area (Å²) in [4.78, 5) is 14.6. The molecular weight excluding hydrogens is 348 g/mol. The molecule has 3 rings (SSSR count). The number of ether oxygens (including phenoxy) is 1. The molecule has 0 aromatic heterocycles. The number of nitrogens with one attached hydrogen (secondary N) is 1. The van der Waals surface area contributed by atoms with Crippen LogP contribution >= 0.6 is 11.6 Å². The SMILES string of the molecule is C[C@H]1C[C@H](NC(=O)COc2ccc(Cl)cc2)CCN1Cc1ccccc1. The van der Waals surface area contributed by atoms with Crippen molar-refractivity contribution in [2.45, 2.75) is 38.4 Å². The zero-order valence-electron chi connectivity index (χ0n) is 15.0. The highest BCUT2D eigenvalue weighted by Gasteiger charge is 2.26. The number of halogens is 1. The summed E-state index contributed by atoms with van der Waals surface area (Å²) in [5.74, 6) is 0.573. The lowest BCUT2D eigenvalue weighted by Gasteiger charge is -2.38. The van der Waals surface area contributed by atoms with Gasteiger partial charge in [0.2, 0.25) is 0 Å². The molecule has 0 spiro atoms. The quantitative estimate of drug-likeness (QED) is 0.836. The van der Waals surface area contributed by atoms with Crippen LogP contribution in [0.15, 0.2) is 54.6 Å². The van der Waals surface area contributed by atoms with Gasteiger partial charge in [0.05, 0.1) is 0 Å². The summed E-state index contributed by atoms with van der Waals surface area (Å²) in [7, 11) is 0. The molecule has 26 heavy (non-hydrogen) atoms. The number of hydrogen-bond donors (Lipinski definition) is 1. The van der Waals surface area contributed by atoms with E-state index in [2.05, 4.69) is 41.4 Å². The Labute approximate surface area is 160 Å². The Morgan fingerprint density at radius 1 is 1.19 bits per heavy atom. The molecule has 1 amide bonds. The average molecular weight is 373 g/mol. The number of carbonyl (C=O) groups excluding carboxylic acids is 1. The Bertz CT molecular complexity index is 706. The van der Waals surface area contributed by atoms with Gasteiger partial charge in [-0.25, -0.2) is 0 Å². The van der Waals surface area contributed by atoms with Crippen LogP contribution < -0.4 is 10.1 Å². The summed E-state index contributed by atoms with van der Waals surface area (Å²) in [5, 5.41) is 3.75. The molecule has 1 fully saturated rings. The van der Waals surface area contributed by atoms with Crippen LogP contribution in [0.25, 0.3) is 0 Å². The van der Waals surface area contributed by atoms with Crippen molar-refractivity contribution in [1.29, 1.82) is 0 Å². The molecule has 4 nitrogen and oxygen atoms in total. The van der Waals surface area contributed by atoms with Crippen molar-refractivity contribution in [1.82, 2.24) is 10.2 Å². The molecule has 2 aromatic carbocycles. The van der Waals surface area contributed by atoms with Gasteiger partial charge in [-0.1, -0.05) is 41.9 Å². The van der Waals surface area contributed by atoms with Crippen molar-refractivity contribution in [2.75, 3.05) is 13.2 Å². The molecule has 2 aromatic rings. The van der Waals surface area contributed by atoms with Crippen LogP contribution in [0.5, 0.6) is 5.75 Å². The maximum atomic E-state index is 12.2. The molecular formula is C21H25ClN2O2. The first kappa shape index (κ1) is 18.7. The van der Waals surface area contributed by atoms with Gasteiger partial charge in [0.15, 0.2) is 6.61 Å². The lowest BCUT2D eigenvalue weighted by Crippen LogP contribution is -2.49. The fourth-order valence-corrected chi connectivity index (χ4v) is 3.48. The minimum Gasteiger partial charge on any atom is -0.484 e. The van der Waals surface area contributed by atoms with Crippen LogP contribution in [-0.4, -0.2) is 36.0 Å². The van der Waals surface area contributed by atoms with Gasteiger partial charge in [-0.3, -0.25) is 9.69 Å². The maximum Gasteiger partial charge on any atom is 0.258 e. The second-order valence-electron chi connectivity index (χ2n) is 6.84. The van der Waals surface area contributed by atoms with E-state index in [1.54, 1.807) is 24.3 Å². The average Bonchev–Trinajstić information content (AvgIpc) is 2.64. The molecule has 1 aliphatic heterocycles. The molecule has 0 aliphatic carbocycles. The van der Waals surface area contributed by atoms with Crippen LogP contribution in [0.3, 0.4) is 0 Å². The first-order valence-corrected chi connectivity index (χ1v) is 9.43. The second kappa shape index (κ2) is 9.06. The summed E-state index contributed by atoms with van der Waals surface area (Å²) in [5.41, 5.74) is 1.33. The fraction of sp³-hybridized carbons (Fsp3) is 0.381. The number of hydrogen-bond acceptors (Lipinski definition) is 3. The Balaban J connectivity index is 1.42. The van der Waals surface area contributed by atoms with Gasteiger partial charge in [0, 0.05) is 30.2 Å². The largest absolute Gasteiger partial charge is 0.484 e. The van der Waals surface area contributed by atoms with Crippen molar-refractivity contribution in [3.63, 3.8) is 0 Å². The molecule has 5 heteroatoms. The minimum absolute atomic E-state index is 0.0280. The highest BCUT2D eigenvalue weighted by Crippen LogP contribution is 2.20. The van der Waals surface area contributed by atoms with E-state index in [4.69, 9.17) is 16.3 Å². The molecule has 1 heterocycles. The van der Waals surface area contributed by atoms with E-state index in [-0.39, 0.29) is 18.6 Å². The molecule has 1 N–H and O–H groups in total. The van der Waals surface area contributed by atoms with E-state index in [1.807, 2.05) is 6.07 Å². The Morgan fingerprint density at radius 2 is 1.92 bits per heavy atom. The van der Waals surface area contributed by atoms with Gasteiger partial charge in [-0.15, -0.1) is 0 Å². The van der Waals surface area contributed by atoms with Crippen molar-refractivity contribution in [3.8, 4) is 5.75 Å². The van der Waals surface area contributed by atoms with Gasteiger partial charge in [-0.05, 0) is 49.6 Å². The molecule has 0 radical (unpaired) electrons. The van der Waals surface area contributed by atoms with Crippen LogP contribution in [0.1, 0.15) is 25.3 Å². The van der Waals surface area contributed by atoms with E-state index in [9.17, 15) is 4.79 Å². The summed E-state index contributed by atoms with van der Waals surface area (Å²) in [6, 6.07) is 18.2. The third-order valence-electron chi connectivity index (χ3n) is 4.79. The number of benzene rings is 2. The highest BCUT2D eigenvalue weighted by molar-refractivity contribution is 6.30. The number of likely N-dealkylation sites (tertiary alicyclic amines) is 1. The monoisotopic (exact) mass is 372 g/mol. The van der Waals surface area contributed by atoms with Crippen molar-refractivity contribution in [2.24, 2.45) is 0 Å². The summed E-state index contributed by atoms with van der Waals surface area (Å²) < 4.78 is 5.51. The Hall–Kier alpha value is -2.04. The minimum atomic E-state index is -0.0753. The van der Waals surface area contributed by atoms with Crippen LogP contribution in [0.4, 0.5) is 0 Å². The first-order valence-electron chi connectivity index (χ1n) is 9.06. The van der Waals surface area contributed by atoms with E-state index in [0.717, 1.165) is 25.9 Å². The van der Waals surface area contributed by atoms with Crippen LogP contribution in [0, 0.1) is 0 Å². The van der Waals surface area contributed by atoms with E-state index >= 15 is 0 Å². The normalized spacial score (nSPS) is 20.5. The highest BCUT2D eigenvalue weighted by atomic mass is 35.5. The summed E-state index contributed by atoms with van der Waals surface area (Å²) in [6.07, 6.45) is 1.92. The predicted octanol–water partition coefficient (Wildman–Crippen LogP) is 3.89. The smallest absolute Gasteiger partial charge is 0.258 e. The molecule has 1 aliphatic rings. The topological polar surface area (TPSA) is 41.6 Å². The lowest BCUT2D eigenvalue weighted by molar-refractivity contribution is -0.124. The standard InChI is InChI=1S/C21H25ClN2O2/c1-16-13-19(11-12-24(16)14-17-5-3-2-4-6-17)23-21(25)15-26-20-9-7-18(22)8-10-20/h2-10,16,19H,11-15H2,1H3,(H,23,25)/t16-,19+/m0/s1. The van der Waals surface area contributed by atoms with Crippen molar-refractivity contribution in [3.05, 3.63) is 65.2 Å². The molecule has 0 saturated carbocycles. The lowest BCUT2D eigenvalue weighted by atomic mass is 9.97. The number of rotatable bonds is 6. The zero-order valence-corrected chi connectivity index (χ0v) is 15.8. The fourth-order valence-electron chi connectivity index (χ4n) is 3.35. The number of amides is 1. The third kappa shape index (κ3) is 5.48. The second-order valence-corrected chi connectivity index (χ2v) is 7.27. The van der Waals surface area contributed by atoms with Gasteiger partial charge >= 0.3 is 0 Å². The predicted molar refractivity (Wildman–Crippen MR) is 104 cm³/mol. The van der Waals surface area contributed by atoms with Crippen molar-refractivity contribution < 1.29 is 9.53 Å². The number of carbonyl (C=O) groups is 1. The molecule has 0 bridgehead atoms. The third-order valence-corrected chi connectivity index (χ3v) is 5.04. The van der Waals surface area contributed by atoms with E-state index < -0.39 is 0 Å². The van der Waals surface area contributed by atoms with Crippen LogP contribution in [0.2, 0.25) is 5.02 Å². The molecule has 1 saturated heterocycles. The number of nitrogens with zero attached hydrogens (tertiary/aromatic N) is 1. The van der Waals surface area contributed by atoms with Crippen molar-refractivity contribution >= 4 is 17.5 Å². The maximum absolute atomic E-state index is 12.2. The molecule has 0 unspecified atom stereocenters. The van der Waals surface area contributed by atoms with Gasteiger partial charge in [0.1, 0.15) is 5.75 Å². The van der Waals surface area contributed by atoms with Crippen LogP contribution in [-0.2, 0) is 11.3 Å². The first-order chi connectivity index (χ1) is 12.6. The summed E-state index contributed by atoms with van der Waals surface area (Å²) >= 11 is 5.84. The van der Waals surface area contributed by atoms with Gasteiger partial charge in [0.25, 0.3) is 5.91 Å². The molecule has 2 atom stereocenters. The van der Waals surface area contributed by atoms with E-state index in [0.29, 0.717) is 16.8 Å².